The fraction of sp³-hybridized carbons (Fsp3) is 0.289. The van der Waals surface area contributed by atoms with Gasteiger partial charge in [-0.15, -0.1) is 0 Å². The molecule has 0 saturated carbocycles. The van der Waals surface area contributed by atoms with E-state index >= 15 is 0 Å². The first kappa shape index (κ1) is 40.9. The molecule has 0 aliphatic heterocycles. The molecule has 0 saturated heterocycles. The first-order chi connectivity index (χ1) is 25.3. The highest BCUT2D eigenvalue weighted by Crippen LogP contribution is 2.39. The molecule has 2 N–H and O–H groups in total. The summed E-state index contributed by atoms with van der Waals surface area (Å²) in [7, 11) is 0. The summed E-state index contributed by atoms with van der Waals surface area (Å²) in [4.78, 5) is 22.4. The molecule has 6 rings (SSSR count). The Morgan fingerprint density at radius 1 is 0.717 bits per heavy atom. The molecule has 0 radical (unpaired) electrons. The SMILES string of the molecule is Cc1[nH]nc(Sc2cc(Cl)cc(Cl)c2)c1C(C(C)C)n1cnccc1=O.Cc1[nH]nc(Sc2cc(Cl)cc(Cl)c2)c1COC(c1ccncc1)C(C)C. The number of benzene rings is 2. The molecule has 0 aliphatic rings. The molecule has 4 aromatic heterocycles. The minimum atomic E-state index is -0.188. The van der Waals surface area contributed by atoms with E-state index in [1.54, 1.807) is 35.4 Å². The molecule has 0 aliphatic carbocycles. The van der Waals surface area contributed by atoms with Crippen LogP contribution >= 0.6 is 69.9 Å². The van der Waals surface area contributed by atoms with Crippen LogP contribution in [0.2, 0.25) is 20.1 Å². The molecule has 0 fully saturated rings. The van der Waals surface area contributed by atoms with Crippen LogP contribution in [0.1, 0.15) is 67.9 Å². The first-order valence-corrected chi connectivity index (χ1v) is 19.9. The number of ether oxygens (including phenoxy) is 1. The van der Waals surface area contributed by atoms with Crippen molar-refractivity contribution in [1.82, 2.24) is 34.9 Å². The number of aryl methyl sites for hydroxylation is 2. The highest BCUT2D eigenvalue weighted by Gasteiger charge is 2.27. The summed E-state index contributed by atoms with van der Waals surface area (Å²) in [6.45, 7) is 12.9. The second-order valence-corrected chi connectivity index (χ2v) is 16.8. The molecule has 4 heterocycles. The number of rotatable bonds is 12. The summed E-state index contributed by atoms with van der Waals surface area (Å²) in [5.74, 6) is 0.498. The molecule has 0 spiro atoms. The summed E-state index contributed by atoms with van der Waals surface area (Å²) < 4.78 is 7.94. The van der Waals surface area contributed by atoms with Crippen LogP contribution in [0.25, 0.3) is 0 Å². The zero-order valence-corrected chi connectivity index (χ0v) is 34.6. The second kappa shape index (κ2) is 18.8. The van der Waals surface area contributed by atoms with Gasteiger partial charge in [0.05, 0.1) is 25.1 Å². The number of pyridine rings is 1. The largest absolute Gasteiger partial charge is 0.368 e. The first-order valence-electron chi connectivity index (χ1n) is 16.7. The lowest BCUT2D eigenvalue weighted by Gasteiger charge is -2.24. The Bertz CT molecular complexity index is 2150. The molecule has 0 bridgehead atoms. The lowest BCUT2D eigenvalue weighted by Crippen LogP contribution is -2.28. The van der Waals surface area contributed by atoms with Crippen molar-refractivity contribution in [2.24, 2.45) is 11.8 Å². The average Bonchev–Trinajstić information content (AvgIpc) is 3.62. The number of halogens is 4. The summed E-state index contributed by atoms with van der Waals surface area (Å²) >= 11 is 27.4. The van der Waals surface area contributed by atoms with Gasteiger partial charge in [-0.25, -0.2) is 4.98 Å². The van der Waals surface area contributed by atoms with Gasteiger partial charge in [-0.1, -0.05) is 97.6 Å². The van der Waals surface area contributed by atoms with E-state index in [4.69, 9.17) is 51.1 Å². The molecular weight excluding hydrogens is 792 g/mol. The predicted octanol–water partition coefficient (Wildman–Crippen LogP) is 11.5. The van der Waals surface area contributed by atoms with Crippen LogP contribution in [-0.2, 0) is 11.3 Å². The number of aromatic amines is 2. The standard InChI is InChI=1S/C20H21Cl2N3OS.C18H18Cl2N4OS/c1-12(2)19(14-4-6-23-7-5-14)26-11-18-13(3)24-25-20(18)27-17-9-15(21)8-16(22)10-17;1-10(2)17(24-9-21-5-4-15(24)25)16-11(3)22-23-18(16)26-14-7-12(19)6-13(20)8-14/h4-10,12,19H,11H2,1-3H3,(H,24,25);4-10,17H,1-3H3,(H,22,23). The minimum absolute atomic E-state index is 0.0132. The summed E-state index contributed by atoms with van der Waals surface area (Å²) in [6, 6.07) is 16.1. The van der Waals surface area contributed by atoms with Gasteiger partial charge in [-0.05, 0) is 79.8 Å². The van der Waals surface area contributed by atoms with Crippen molar-refractivity contribution in [3.63, 3.8) is 0 Å². The minimum Gasteiger partial charge on any atom is -0.368 e. The zero-order chi connectivity index (χ0) is 38.2. The van der Waals surface area contributed by atoms with Gasteiger partial charge in [0.15, 0.2) is 0 Å². The maximum atomic E-state index is 12.4. The number of nitrogens with one attached hydrogen (secondary N) is 2. The van der Waals surface area contributed by atoms with Crippen LogP contribution in [0.4, 0.5) is 0 Å². The van der Waals surface area contributed by atoms with Gasteiger partial charge in [0.25, 0.3) is 5.56 Å². The third-order valence-electron chi connectivity index (χ3n) is 8.12. The predicted molar refractivity (Wildman–Crippen MR) is 216 cm³/mol. The van der Waals surface area contributed by atoms with Crippen LogP contribution in [0.5, 0.6) is 0 Å². The average molecular weight is 832 g/mol. The Kier molecular flexibility index (Phi) is 14.5. The molecule has 9 nitrogen and oxygen atoms in total. The zero-order valence-electron chi connectivity index (χ0n) is 29.9. The van der Waals surface area contributed by atoms with Crippen LogP contribution in [0.15, 0.2) is 104 Å². The number of hydrogen-bond donors (Lipinski definition) is 2. The topological polar surface area (TPSA) is 114 Å². The van der Waals surface area contributed by atoms with Crippen molar-refractivity contribution in [1.29, 1.82) is 0 Å². The maximum Gasteiger partial charge on any atom is 0.253 e. The van der Waals surface area contributed by atoms with Gasteiger partial charge < -0.3 is 4.74 Å². The molecule has 2 unspecified atom stereocenters. The molecule has 2 atom stereocenters. The van der Waals surface area contributed by atoms with Crippen LogP contribution < -0.4 is 5.56 Å². The lowest BCUT2D eigenvalue weighted by atomic mass is 9.96. The highest BCUT2D eigenvalue weighted by atomic mass is 35.5. The lowest BCUT2D eigenvalue weighted by molar-refractivity contribution is 0.00775. The van der Waals surface area contributed by atoms with E-state index in [9.17, 15) is 4.79 Å². The van der Waals surface area contributed by atoms with Gasteiger partial charge in [-0.2, -0.15) is 10.2 Å². The molecule has 15 heteroatoms. The van der Waals surface area contributed by atoms with Crippen molar-refractivity contribution >= 4 is 69.9 Å². The van der Waals surface area contributed by atoms with Crippen LogP contribution in [0.3, 0.4) is 0 Å². The molecule has 6 aromatic rings. The maximum absolute atomic E-state index is 12.4. The van der Waals surface area contributed by atoms with Crippen LogP contribution in [0, 0.1) is 25.7 Å². The quantitative estimate of drug-likeness (QED) is 0.125. The molecule has 278 valence electrons. The number of aromatic nitrogens is 7. The molecule has 53 heavy (non-hydrogen) atoms. The van der Waals surface area contributed by atoms with Gasteiger partial charge in [0.2, 0.25) is 0 Å². The third-order valence-corrected chi connectivity index (χ3v) is 11.0. The molecule has 2 aromatic carbocycles. The monoisotopic (exact) mass is 829 g/mol. The Labute approximate surface area is 337 Å². The van der Waals surface area contributed by atoms with Gasteiger partial charge >= 0.3 is 0 Å². The fourth-order valence-electron chi connectivity index (χ4n) is 5.69. The van der Waals surface area contributed by atoms with E-state index in [-0.39, 0.29) is 23.6 Å². The Morgan fingerprint density at radius 2 is 1.25 bits per heavy atom. The van der Waals surface area contributed by atoms with Crippen molar-refractivity contribution in [2.75, 3.05) is 0 Å². The highest BCUT2D eigenvalue weighted by molar-refractivity contribution is 7.99. The second-order valence-electron chi connectivity index (χ2n) is 12.9. The molecule has 0 amide bonds. The smallest absolute Gasteiger partial charge is 0.253 e. The number of nitrogens with zero attached hydrogens (tertiary/aromatic N) is 5. The van der Waals surface area contributed by atoms with Crippen molar-refractivity contribution < 1.29 is 4.74 Å². The van der Waals surface area contributed by atoms with Gasteiger partial charge in [-0.3, -0.25) is 24.5 Å². The Hall–Kier alpha value is -3.29. The van der Waals surface area contributed by atoms with E-state index in [1.165, 1.54) is 35.8 Å². The van der Waals surface area contributed by atoms with E-state index in [0.717, 1.165) is 47.9 Å². The summed E-state index contributed by atoms with van der Waals surface area (Å²) in [5, 5.41) is 19.0. The van der Waals surface area contributed by atoms with Gasteiger partial charge in [0, 0.05) is 77.1 Å². The van der Waals surface area contributed by atoms with E-state index in [2.05, 4.69) is 58.1 Å². The summed E-state index contributed by atoms with van der Waals surface area (Å²) in [6.07, 6.45) is 6.65. The van der Waals surface area contributed by atoms with E-state index in [0.29, 0.717) is 32.6 Å². The summed E-state index contributed by atoms with van der Waals surface area (Å²) in [5.41, 5.74) is 4.93. The molecular formula is C38H39Cl4N7O2S2. The van der Waals surface area contributed by atoms with E-state index < -0.39 is 0 Å². The number of H-pyrrole nitrogens is 2. The van der Waals surface area contributed by atoms with Gasteiger partial charge in [0.1, 0.15) is 10.1 Å². The number of hydrogen-bond acceptors (Lipinski definition) is 8. The Balaban J connectivity index is 0.000000204. The third kappa shape index (κ3) is 10.9. The van der Waals surface area contributed by atoms with Crippen molar-refractivity contribution in [3.05, 3.63) is 138 Å². The van der Waals surface area contributed by atoms with Crippen molar-refractivity contribution in [2.45, 2.75) is 80.1 Å². The van der Waals surface area contributed by atoms with E-state index in [1.807, 2.05) is 50.2 Å². The fourth-order valence-corrected chi connectivity index (χ4v) is 9.09. The van der Waals surface area contributed by atoms with Crippen LogP contribution in [-0.4, -0.2) is 34.9 Å². The Morgan fingerprint density at radius 3 is 1.79 bits per heavy atom. The normalized spacial score (nSPS) is 12.5. The van der Waals surface area contributed by atoms with Crippen molar-refractivity contribution in [3.8, 4) is 0 Å².